The van der Waals surface area contributed by atoms with Crippen molar-refractivity contribution in [1.29, 1.82) is 0 Å². The number of nitrogens with one attached hydrogen (secondary N) is 2. The minimum absolute atomic E-state index is 0.0982. The second-order valence-electron chi connectivity index (χ2n) is 5.24. The minimum Gasteiger partial charge on any atom is -0.384 e. The molecule has 3 rings (SSSR count). The van der Waals surface area contributed by atoms with E-state index in [4.69, 9.17) is 0 Å². The van der Waals surface area contributed by atoms with Crippen LogP contribution in [-0.2, 0) is 27.2 Å². The smallest absolute Gasteiger partial charge is 0.240 e. The Kier molecular flexibility index (Phi) is 3.83. The molecule has 0 aromatic heterocycles. The van der Waals surface area contributed by atoms with Crippen LogP contribution in [0.3, 0.4) is 0 Å². The van der Waals surface area contributed by atoms with Gasteiger partial charge in [0.05, 0.1) is 4.90 Å². The number of hydrogen-bond acceptors (Lipinski definition) is 4. The Morgan fingerprint density at radius 1 is 1.25 bits per heavy atom. The summed E-state index contributed by atoms with van der Waals surface area (Å²) >= 11 is 0. The van der Waals surface area contributed by atoms with Crippen molar-refractivity contribution in [3.63, 3.8) is 0 Å². The van der Waals surface area contributed by atoms with Crippen molar-refractivity contribution >= 4 is 26.5 Å². The SMILES string of the molecule is O=S1CCC(NS(=O)(=O)c2ccc3c(c2)NCC3)CC1. The Morgan fingerprint density at radius 3 is 2.75 bits per heavy atom. The van der Waals surface area contributed by atoms with Crippen molar-refractivity contribution in [1.82, 2.24) is 4.72 Å². The fourth-order valence-electron chi connectivity index (χ4n) is 2.64. The maximum atomic E-state index is 12.4. The molecule has 2 N–H and O–H groups in total. The van der Waals surface area contributed by atoms with Gasteiger partial charge < -0.3 is 5.32 Å². The highest BCUT2D eigenvalue weighted by Gasteiger charge is 2.25. The van der Waals surface area contributed by atoms with Crippen LogP contribution >= 0.6 is 0 Å². The normalized spacial score (nSPS) is 26.0. The average molecular weight is 314 g/mol. The van der Waals surface area contributed by atoms with Crippen molar-refractivity contribution in [3.05, 3.63) is 23.8 Å². The van der Waals surface area contributed by atoms with Crippen LogP contribution < -0.4 is 10.0 Å². The van der Waals surface area contributed by atoms with Gasteiger partial charge in [0.25, 0.3) is 0 Å². The van der Waals surface area contributed by atoms with Gasteiger partial charge in [0, 0.05) is 40.6 Å². The lowest BCUT2D eigenvalue weighted by atomic mass is 10.2. The summed E-state index contributed by atoms with van der Waals surface area (Å²) in [4.78, 5) is 0.303. The van der Waals surface area contributed by atoms with Gasteiger partial charge >= 0.3 is 0 Å². The number of anilines is 1. The first-order valence-corrected chi connectivity index (χ1v) is 9.76. The molecule has 0 saturated carbocycles. The highest BCUT2D eigenvalue weighted by Crippen LogP contribution is 2.25. The predicted octanol–water partition coefficient (Wildman–Crippen LogP) is 0.844. The molecule has 110 valence electrons. The minimum atomic E-state index is -3.49. The molecule has 0 amide bonds. The van der Waals surface area contributed by atoms with Gasteiger partial charge in [-0.2, -0.15) is 0 Å². The molecule has 1 fully saturated rings. The van der Waals surface area contributed by atoms with Crippen LogP contribution in [0.5, 0.6) is 0 Å². The fraction of sp³-hybridized carbons (Fsp3) is 0.538. The molecule has 2 aliphatic heterocycles. The van der Waals surface area contributed by atoms with Crippen molar-refractivity contribution in [2.75, 3.05) is 23.4 Å². The third-order valence-electron chi connectivity index (χ3n) is 3.81. The monoisotopic (exact) mass is 314 g/mol. The highest BCUT2D eigenvalue weighted by molar-refractivity contribution is 7.89. The van der Waals surface area contributed by atoms with E-state index in [1.165, 1.54) is 0 Å². The van der Waals surface area contributed by atoms with E-state index in [-0.39, 0.29) is 6.04 Å². The zero-order chi connectivity index (χ0) is 14.2. The quantitative estimate of drug-likeness (QED) is 0.867. The third kappa shape index (κ3) is 2.89. The van der Waals surface area contributed by atoms with Crippen LogP contribution in [-0.4, -0.2) is 36.7 Å². The molecule has 0 radical (unpaired) electrons. The summed E-state index contributed by atoms with van der Waals surface area (Å²) in [5.41, 5.74) is 2.08. The molecule has 0 spiro atoms. The summed E-state index contributed by atoms with van der Waals surface area (Å²) < 4.78 is 38.8. The molecule has 0 bridgehead atoms. The lowest BCUT2D eigenvalue weighted by Gasteiger charge is -2.22. The molecule has 0 atom stereocenters. The first kappa shape index (κ1) is 14.0. The Balaban J connectivity index is 1.76. The molecule has 0 unspecified atom stereocenters. The number of hydrogen-bond donors (Lipinski definition) is 2. The van der Waals surface area contributed by atoms with Crippen molar-refractivity contribution in [2.24, 2.45) is 0 Å². The Hall–Kier alpha value is -0.920. The van der Waals surface area contributed by atoms with E-state index in [0.29, 0.717) is 29.2 Å². The molecule has 1 aromatic rings. The lowest BCUT2D eigenvalue weighted by molar-refractivity contribution is 0.522. The Bertz CT molecular complexity index is 633. The molecule has 2 aliphatic rings. The van der Waals surface area contributed by atoms with E-state index in [2.05, 4.69) is 10.0 Å². The Labute approximate surface area is 121 Å². The summed E-state index contributed by atoms with van der Waals surface area (Å²) in [6.07, 6.45) is 2.24. The summed E-state index contributed by atoms with van der Waals surface area (Å²) in [6, 6.07) is 5.14. The highest BCUT2D eigenvalue weighted by atomic mass is 32.2. The molecule has 2 heterocycles. The first-order chi connectivity index (χ1) is 9.54. The van der Waals surface area contributed by atoms with Crippen LogP contribution in [0.2, 0.25) is 0 Å². The maximum Gasteiger partial charge on any atom is 0.240 e. The number of rotatable bonds is 3. The van der Waals surface area contributed by atoms with E-state index >= 15 is 0 Å². The van der Waals surface area contributed by atoms with E-state index in [1.807, 2.05) is 6.07 Å². The van der Waals surface area contributed by atoms with Crippen LogP contribution in [0.4, 0.5) is 5.69 Å². The topological polar surface area (TPSA) is 75.3 Å². The molecule has 20 heavy (non-hydrogen) atoms. The van der Waals surface area contributed by atoms with Crippen LogP contribution in [0.25, 0.3) is 0 Å². The fourth-order valence-corrected chi connectivity index (χ4v) is 5.27. The first-order valence-electron chi connectivity index (χ1n) is 6.79. The standard InChI is InChI=1S/C13H18N2O3S2/c16-19-7-4-11(5-8-19)15-20(17,18)12-2-1-10-3-6-14-13(10)9-12/h1-2,9,11,14-15H,3-8H2. The van der Waals surface area contributed by atoms with E-state index in [0.717, 1.165) is 24.2 Å². The van der Waals surface area contributed by atoms with Gasteiger partial charge in [0.1, 0.15) is 0 Å². The second-order valence-corrected chi connectivity index (χ2v) is 8.65. The van der Waals surface area contributed by atoms with E-state index in [1.54, 1.807) is 12.1 Å². The maximum absolute atomic E-state index is 12.4. The molecule has 1 saturated heterocycles. The zero-order valence-electron chi connectivity index (χ0n) is 11.1. The van der Waals surface area contributed by atoms with Gasteiger partial charge in [-0.25, -0.2) is 13.1 Å². The zero-order valence-corrected chi connectivity index (χ0v) is 12.7. The third-order valence-corrected chi connectivity index (χ3v) is 6.71. The summed E-state index contributed by atoms with van der Waals surface area (Å²) in [7, 11) is -4.27. The second kappa shape index (κ2) is 5.46. The molecule has 5 nitrogen and oxygen atoms in total. The van der Waals surface area contributed by atoms with Crippen molar-refractivity contribution in [3.8, 4) is 0 Å². The number of sulfonamides is 1. The van der Waals surface area contributed by atoms with Gasteiger partial charge in [-0.15, -0.1) is 0 Å². The van der Waals surface area contributed by atoms with E-state index in [9.17, 15) is 12.6 Å². The van der Waals surface area contributed by atoms with Gasteiger partial charge in [0.15, 0.2) is 0 Å². The van der Waals surface area contributed by atoms with Crippen LogP contribution in [0, 0.1) is 0 Å². The van der Waals surface area contributed by atoms with Gasteiger partial charge in [0.2, 0.25) is 10.0 Å². The van der Waals surface area contributed by atoms with Gasteiger partial charge in [-0.3, -0.25) is 4.21 Å². The summed E-state index contributed by atoms with van der Waals surface area (Å²) in [5, 5.41) is 3.19. The number of benzene rings is 1. The summed E-state index contributed by atoms with van der Waals surface area (Å²) in [6.45, 7) is 0.862. The van der Waals surface area contributed by atoms with Crippen LogP contribution in [0.1, 0.15) is 18.4 Å². The largest absolute Gasteiger partial charge is 0.384 e. The molecular weight excluding hydrogens is 296 g/mol. The van der Waals surface area contributed by atoms with Gasteiger partial charge in [-0.1, -0.05) is 6.07 Å². The number of fused-ring (bicyclic) bond motifs is 1. The molecule has 1 aromatic carbocycles. The van der Waals surface area contributed by atoms with Crippen LogP contribution in [0.15, 0.2) is 23.1 Å². The Morgan fingerprint density at radius 2 is 2.00 bits per heavy atom. The molecule has 7 heteroatoms. The summed E-state index contributed by atoms with van der Waals surface area (Å²) in [5.74, 6) is 1.16. The van der Waals surface area contributed by atoms with Gasteiger partial charge in [-0.05, 0) is 37.0 Å². The molecule has 0 aliphatic carbocycles. The lowest BCUT2D eigenvalue weighted by Crippen LogP contribution is -2.39. The predicted molar refractivity (Wildman–Crippen MR) is 79.9 cm³/mol. The van der Waals surface area contributed by atoms with Crippen molar-refractivity contribution < 1.29 is 12.6 Å². The molecular formula is C13H18N2O3S2. The van der Waals surface area contributed by atoms with E-state index < -0.39 is 20.8 Å². The van der Waals surface area contributed by atoms with Crippen molar-refractivity contribution in [2.45, 2.75) is 30.2 Å². The average Bonchev–Trinajstić information content (AvgIpc) is 2.88.